The second kappa shape index (κ2) is 5.21. The van der Waals surface area contributed by atoms with Gasteiger partial charge in [0.25, 0.3) is 0 Å². The molecule has 2 aromatic rings. The highest BCUT2D eigenvalue weighted by atomic mass is 32.2. The van der Waals surface area contributed by atoms with E-state index < -0.39 is 9.84 Å². The first-order chi connectivity index (χ1) is 8.90. The van der Waals surface area contributed by atoms with E-state index in [2.05, 4.69) is 9.55 Å². The van der Waals surface area contributed by atoms with Gasteiger partial charge in [0, 0.05) is 24.9 Å². The number of benzene rings is 1. The number of nitrogens with zero attached hydrogens (tertiary/aromatic N) is 2. The molecule has 0 unspecified atom stereocenters. The highest BCUT2D eigenvalue weighted by Gasteiger charge is 2.10. The summed E-state index contributed by atoms with van der Waals surface area (Å²) < 4.78 is 24.4. The third kappa shape index (κ3) is 3.26. The molecule has 6 heteroatoms. The van der Waals surface area contributed by atoms with Crippen molar-refractivity contribution in [3.8, 4) is 0 Å². The molecule has 0 aliphatic rings. The number of aromatic nitrogens is 2. The van der Waals surface area contributed by atoms with Crippen LogP contribution in [0.1, 0.15) is 19.2 Å². The molecular formula is C13H19N3O2S. The Morgan fingerprint density at radius 3 is 2.74 bits per heavy atom. The molecule has 2 N–H and O–H groups in total. The van der Waals surface area contributed by atoms with Crippen LogP contribution in [0.3, 0.4) is 0 Å². The molecule has 104 valence electrons. The molecule has 0 bridgehead atoms. The van der Waals surface area contributed by atoms with Gasteiger partial charge in [-0.1, -0.05) is 6.92 Å². The van der Waals surface area contributed by atoms with E-state index in [-0.39, 0.29) is 5.75 Å². The van der Waals surface area contributed by atoms with Crippen molar-refractivity contribution >= 4 is 26.6 Å². The minimum absolute atomic E-state index is 0.199. The van der Waals surface area contributed by atoms with Crippen LogP contribution in [-0.4, -0.2) is 30.0 Å². The molecule has 1 heterocycles. The second-order valence-electron chi connectivity index (χ2n) is 4.76. The van der Waals surface area contributed by atoms with Crippen molar-refractivity contribution in [2.75, 3.05) is 17.7 Å². The van der Waals surface area contributed by atoms with Gasteiger partial charge in [0.05, 0.1) is 16.8 Å². The standard InChI is InChI=1S/C13H19N3O2S/c1-3-13-15-11-9-10(14)5-6-12(11)16(13)7-4-8-19(2,17)18/h5-6,9H,3-4,7-8,14H2,1-2H3. The van der Waals surface area contributed by atoms with Gasteiger partial charge >= 0.3 is 0 Å². The lowest BCUT2D eigenvalue weighted by molar-refractivity contribution is 0.590. The largest absolute Gasteiger partial charge is 0.399 e. The number of rotatable bonds is 5. The van der Waals surface area contributed by atoms with Crippen LogP contribution in [0.25, 0.3) is 11.0 Å². The van der Waals surface area contributed by atoms with Crippen molar-refractivity contribution in [1.29, 1.82) is 0 Å². The van der Waals surface area contributed by atoms with Crippen molar-refractivity contribution in [2.45, 2.75) is 26.3 Å². The van der Waals surface area contributed by atoms with Gasteiger partial charge in [0.15, 0.2) is 0 Å². The summed E-state index contributed by atoms with van der Waals surface area (Å²) in [6, 6.07) is 5.63. The minimum atomic E-state index is -2.91. The van der Waals surface area contributed by atoms with E-state index in [0.29, 0.717) is 18.7 Å². The first-order valence-electron chi connectivity index (χ1n) is 6.33. The average molecular weight is 281 g/mol. The van der Waals surface area contributed by atoms with Crippen LogP contribution in [0.15, 0.2) is 18.2 Å². The van der Waals surface area contributed by atoms with E-state index in [1.54, 1.807) is 0 Å². The van der Waals surface area contributed by atoms with Crippen LogP contribution >= 0.6 is 0 Å². The van der Waals surface area contributed by atoms with Crippen LogP contribution in [0.5, 0.6) is 0 Å². The molecule has 0 radical (unpaired) electrons. The number of aryl methyl sites for hydroxylation is 2. The average Bonchev–Trinajstić information content (AvgIpc) is 2.65. The maximum Gasteiger partial charge on any atom is 0.147 e. The quantitative estimate of drug-likeness (QED) is 0.845. The summed E-state index contributed by atoms with van der Waals surface area (Å²) in [5.41, 5.74) is 8.33. The van der Waals surface area contributed by atoms with E-state index >= 15 is 0 Å². The van der Waals surface area contributed by atoms with Gasteiger partial charge < -0.3 is 10.3 Å². The Morgan fingerprint density at radius 2 is 2.11 bits per heavy atom. The number of nitrogens with two attached hydrogens (primary N) is 1. The number of fused-ring (bicyclic) bond motifs is 1. The van der Waals surface area contributed by atoms with Gasteiger partial charge in [-0.25, -0.2) is 13.4 Å². The zero-order valence-corrected chi connectivity index (χ0v) is 12.1. The fourth-order valence-corrected chi connectivity index (χ4v) is 2.85. The van der Waals surface area contributed by atoms with Crippen LogP contribution in [-0.2, 0) is 22.8 Å². The zero-order valence-electron chi connectivity index (χ0n) is 11.3. The molecular weight excluding hydrogens is 262 g/mol. The Bertz CT molecular complexity index is 689. The fraction of sp³-hybridized carbons (Fsp3) is 0.462. The third-order valence-electron chi connectivity index (χ3n) is 3.06. The van der Waals surface area contributed by atoms with E-state index in [4.69, 9.17) is 5.73 Å². The normalized spacial score (nSPS) is 12.1. The Labute approximate surface area is 113 Å². The van der Waals surface area contributed by atoms with Gasteiger partial charge in [-0.15, -0.1) is 0 Å². The summed E-state index contributed by atoms with van der Waals surface area (Å²) in [6.07, 6.45) is 2.68. The summed E-state index contributed by atoms with van der Waals surface area (Å²) in [4.78, 5) is 4.54. The number of imidazole rings is 1. The van der Waals surface area contributed by atoms with Crippen LogP contribution in [0.4, 0.5) is 5.69 Å². The zero-order chi connectivity index (χ0) is 14.0. The van der Waals surface area contributed by atoms with Gasteiger partial charge in [-0.05, 0) is 24.6 Å². The Kier molecular flexibility index (Phi) is 3.80. The first kappa shape index (κ1) is 13.9. The van der Waals surface area contributed by atoms with E-state index in [1.165, 1.54) is 6.26 Å². The molecule has 0 amide bonds. The van der Waals surface area contributed by atoms with Crippen molar-refractivity contribution in [1.82, 2.24) is 9.55 Å². The number of anilines is 1. The molecule has 19 heavy (non-hydrogen) atoms. The lowest BCUT2D eigenvalue weighted by Crippen LogP contribution is -2.09. The fourth-order valence-electron chi connectivity index (χ4n) is 2.20. The Balaban J connectivity index is 2.30. The van der Waals surface area contributed by atoms with Crippen molar-refractivity contribution in [2.24, 2.45) is 0 Å². The maximum absolute atomic E-state index is 11.2. The minimum Gasteiger partial charge on any atom is -0.399 e. The summed E-state index contributed by atoms with van der Waals surface area (Å²) in [5, 5.41) is 0. The number of hydrogen-bond donors (Lipinski definition) is 1. The number of hydrogen-bond acceptors (Lipinski definition) is 4. The summed E-state index contributed by atoms with van der Waals surface area (Å²) in [5.74, 6) is 1.17. The van der Waals surface area contributed by atoms with Gasteiger partial charge in [0.2, 0.25) is 0 Å². The summed E-state index contributed by atoms with van der Waals surface area (Å²) >= 11 is 0. The SMILES string of the molecule is CCc1nc2cc(N)ccc2n1CCCS(C)(=O)=O. The summed E-state index contributed by atoms with van der Waals surface area (Å²) in [7, 11) is -2.91. The van der Waals surface area contributed by atoms with Gasteiger partial charge in [-0.2, -0.15) is 0 Å². The smallest absolute Gasteiger partial charge is 0.147 e. The second-order valence-corrected chi connectivity index (χ2v) is 7.02. The molecule has 0 aliphatic heterocycles. The van der Waals surface area contributed by atoms with E-state index in [1.807, 2.05) is 25.1 Å². The van der Waals surface area contributed by atoms with E-state index in [0.717, 1.165) is 23.3 Å². The molecule has 0 aliphatic carbocycles. The van der Waals surface area contributed by atoms with Crippen LogP contribution in [0.2, 0.25) is 0 Å². The highest BCUT2D eigenvalue weighted by Crippen LogP contribution is 2.20. The molecule has 2 rings (SSSR count). The van der Waals surface area contributed by atoms with Crippen molar-refractivity contribution in [3.63, 3.8) is 0 Å². The lowest BCUT2D eigenvalue weighted by atomic mass is 10.3. The first-order valence-corrected chi connectivity index (χ1v) is 8.39. The molecule has 5 nitrogen and oxygen atoms in total. The Morgan fingerprint density at radius 1 is 1.37 bits per heavy atom. The molecule has 0 saturated carbocycles. The van der Waals surface area contributed by atoms with Crippen LogP contribution in [0, 0.1) is 0 Å². The maximum atomic E-state index is 11.2. The Hall–Kier alpha value is -1.56. The van der Waals surface area contributed by atoms with Gasteiger partial charge in [0.1, 0.15) is 15.7 Å². The van der Waals surface area contributed by atoms with Crippen molar-refractivity contribution in [3.05, 3.63) is 24.0 Å². The molecule has 0 saturated heterocycles. The van der Waals surface area contributed by atoms with Crippen molar-refractivity contribution < 1.29 is 8.42 Å². The summed E-state index contributed by atoms with van der Waals surface area (Å²) in [6.45, 7) is 2.70. The third-order valence-corrected chi connectivity index (χ3v) is 4.09. The highest BCUT2D eigenvalue weighted by molar-refractivity contribution is 7.90. The van der Waals surface area contributed by atoms with Crippen LogP contribution < -0.4 is 5.73 Å². The predicted molar refractivity (Wildman–Crippen MR) is 77.9 cm³/mol. The number of nitrogen functional groups attached to an aromatic ring is 1. The molecule has 0 spiro atoms. The molecule has 0 atom stereocenters. The molecule has 0 fully saturated rings. The monoisotopic (exact) mass is 281 g/mol. The number of sulfone groups is 1. The topological polar surface area (TPSA) is 78.0 Å². The molecule has 1 aromatic heterocycles. The lowest BCUT2D eigenvalue weighted by Gasteiger charge is -2.07. The molecule has 1 aromatic carbocycles. The van der Waals surface area contributed by atoms with Gasteiger partial charge in [-0.3, -0.25) is 0 Å². The van der Waals surface area contributed by atoms with E-state index in [9.17, 15) is 8.42 Å². The predicted octanol–water partition coefficient (Wildman–Crippen LogP) is 1.62.